The average molecular weight is 317 g/mol. The lowest BCUT2D eigenvalue weighted by Gasteiger charge is -2.39. The number of hydrogen-bond donors (Lipinski definition) is 2. The lowest BCUT2D eigenvalue weighted by atomic mass is 9.82. The first kappa shape index (κ1) is 15.8. The predicted molar refractivity (Wildman–Crippen MR) is 88.8 cm³/mol. The van der Waals surface area contributed by atoms with Gasteiger partial charge in [-0.2, -0.15) is 0 Å². The van der Waals surface area contributed by atoms with Crippen LogP contribution in [0.2, 0.25) is 0 Å². The summed E-state index contributed by atoms with van der Waals surface area (Å²) in [5.74, 6) is 1.98. The van der Waals surface area contributed by atoms with Crippen molar-refractivity contribution < 1.29 is 14.6 Å². The van der Waals surface area contributed by atoms with Gasteiger partial charge in [-0.1, -0.05) is 13.3 Å². The second-order valence-corrected chi connectivity index (χ2v) is 6.15. The van der Waals surface area contributed by atoms with Crippen LogP contribution in [-0.2, 0) is 0 Å². The van der Waals surface area contributed by atoms with Crippen molar-refractivity contribution in [1.29, 1.82) is 0 Å². The van der Waals surface area contributed by atoms with E-state index in [1.807, 2.05) is 0 Å². The van der Waals surface area contributed by atoms with E-state index in [4.69, 9.17) is 9.47 Å². The first-order chi connectivity index (χ1) is 11.1. The van der Waals surface area contributed by atoms with Crippen molar-refractivity contribution >= 4 is 16.9 Å². The van der Waals surface area contributed by atoms with Crippen LogP contribution in [-0.4, -0.2) is 35.0 Å². The summed E-state index contributed by atoms with van der Waals surface area (Å²) in [5.41, 5.74) is 0.494. The van der Waals surface area contributed by atoms with Crippen LogP contribution in [0.3, 0.4) is 0 Å². The molecule has 0 saturated heterocycles. The number of aliphatic hydroxyl groups is 1. The second kappa shape index (κ2) is 6.20. The smallest absolute Gasteiger partial charge is 0.163 e. The first-order valence-electron chi connectivity index (χ1n) is 7.95. The summed E-state index contributed by atoms with van der Waals surface area (Å²) in [7, 11) is 3.18. The maximum atomic E-state index is 10.8. The van der Waals surface area contributed by atoms with Gasteiger partial charge in [-0.05, 0) is 19.3 Å². The van der Waals surface area contributed by atoms with Gasteiger partial charge >= 0.3 is 0 Å². The number of hydrogen-bond acceptors (Lipinski definition) is 6. The summed E-state index contributed by atoms with van der Waals surface area (Å²) < 4.78 is 10.6. The Labute approximate surface area is 135 Å². The molecule has 2 N–H and O–H groups in total. The van der Waals surface area contributed by atoms with Gasteiger partial charge < -0.3 is 19.9 Å². The van der Waals surface area contributed by atoms with Crippen molar-refractivity contribution in [2.45, 2.75) is 38.3 Å². The average Bonchev–Trinajstić information content (AvgIpc) is 2.56. The number of ether oxygens (including phenoxy) is 2. The number of aromatic nitrogens is 2. The van der Waals surface area contributed by atoms with Crippen LogP contribution in [0.15, 0.2) is 18.3 Å². The van der Waals surface area contributed by atoms with E-state index in [0.717, 1.165) is 31.2 Å². The number of nitrogens with one attached hydrogen (secondary N) is 1. The molecule has 2 aromatic rings. The van der Waals surface area contributed by atoms with Gasteiger partial charge in [0.05, 0.1) is 31.4 Å². The molecule has 2 atom stereocenters. The quantitative estimate of drug-likeness (QED) is 0.844. The fourth-order valence-corrected chi connectivity index (χ4v) is 3.14. The van der Waals surface area contributed by atoms with E-state index in [1.165, 1.54) is 0 Å². The van der Waals surface area contributed by atoms with Crippen LogP contribution < -0.4 is 14.8 Å². The summed E-state index contributed by atoms with van der Waals surface area (Å²) >= 11 is 0. The van der Waals surface area contributed by atoms with Crippen molar-refractivity contribution in [3.8, 4) is 11.5 Å². The molecular formula is C17H23N3O3. The topological polar surface area (TPSA) is 76.5 Å². The summed E-state index contributed by atoms with van der Waals surface area (Å²) in [6.07, 6.45) is 5.55. The highest BCUT2D eigenvalue weighted by atomic mass is 16.5. The first-order valence-corrected chi connectivity index (χ1v) is 7.95. The highest BCUT2D eigenvalue weighted by Gasteiger charge is 2.36. The minimum Gasteiger partial charge on any atom is -0.493 e. The molecule has 1 aromatic carbocycles. The molecule has 1 saturated carbocycles. The second-order valence-electron chi connectivity index (χ2n) is 6.15. The zero-order chi connectivity index (χ0) is 16.4. The lowest BCUT2D eigenvalue weighted by molar-refractivity contribution is -0.0154. The third-order valence-electron chi connectivity index (χ3n) is 4.65. The number of rotatable bonds is 4. The molecule has 23 heavy (non-hydrogen) atoms. The summed E-state index contributed by atoms with van der Waals surface area (Å²) in [5, 5.41) is 14.0. The number of methoxy groups -OCH3 is 2. The van der Waals surface area contributed by atoms with Crippen molar-refractivity contribution in [3.05, 3.63) is 18.3 Å². The molecule has 0 amide bonds. The third kappa shape index (κ3) is 3.03. The van der Waals surface area contributed by atoms with Crippen LogP contribution >= 0.6 is 0 Å². The molecule has 1 fully saturated rings. The van der Waals surface area contributed by atoms with Gasteiger partial charge in [-0.3, -0.25) is 4.98 Å². The molecule has 6 nitrogen and oxygen atoms in total. The van der Waals surface area contributed by atoms with Gasteiger partial charge in [0.15, 0.2) is 11.5 Å². The Bertz CT molecular complexity index is 707. The van der Waals surface area contributed by atoms with Crippen molar-refractivity contribution in [1.82, 2.24) is 9.97 Å². The Balaban J connectivity index is 1.93. The maximum Gasteiger partial charge on any atom is 0.163 e. The van der Waals surface area contributed by atoms with Crippen LogP contribution in [0.25, 0.3) is 11.0 Å². The molecule has 1 aromatic heterocycles. The normalized spacial score (nSPS) is 24.4. The zero-order valence-corrected chi connectivity index (χ0v) is 13.8. The fraction of sp³-hybridized carbons (Fsp3) is 0.529. The van der Waals surface area contributed by atoms with Gasteiger partial charge in [0.2, 0.25) is 0 Å². The Morgan fingerprint density at radius 2 is 1.87 bits per heavy atom. The Morgan fingerprint density at radius 3 is 2.52 bits per heavy atom. The molecule has 1 heterocycles. The molecule has 0 spiro atoms. The summed E-state index contributed by atoms with van der Waals surface area (Å²) in [4.78, 5) is 8.98. The highest BCUT2D eigenvalue weighted by Crippen LogP contribution is 2.35. The standard InChI is InChI=1S/C17H23N3O3/c1-11-6-4-5-7-17(11,21)20-16-10-18-12-8-14(22-2)15(23-3)9-13(12)19-16/h8-11,21H,4-7H2,1-3H3,(H,19,20). The number of fused-ring (bicyclic) bond motifs is 1. The van der Waals surface area contributed by atoms with Gasteiger partial charge in [-0.25, -0.2) is 4.98 Å². The number of anilines is 1. The monoisotopic (exact) mass is 317 g/mol. The molecule has 2 unspecified atom stereocenters. The molecule has 3 rings (SSSR count). The zero-order valence-electron chi connectivity index (χ0n) is 13.8. The fourth-order valence-electron chi connectivity index (χ4n) is 3.14. The van der Waals surface area contributed by atoms with Crippen LogP contribution in [0.1, 0.15) is 32.6 Å². The Morgan fingerprint density at radius 1 is 1.17 bits per heavy atom. The molecule has 124 valence electrons. The molecule has 6 heteroatoms. The Kier molecular flexibility index (Phi) is 4.26. The van der Waals surface area contributed by atoms with Crippen LogP contribution in [0, 0.1) is 5.92 Å². The van der Waals surface area contributed by atoms with E-state index in [9.17, 15) is 5.11 Å². The van der Waals surface area contributed by atoms with Crippen molar-refractivity contribution in [2.24, 2.45) is 5.92 Å². The van der Waals surface area contributed by atoms with E-state index in [1.54, 1.807) is 32.5 Å². The molecule has 1 aliphatic rings. The predicted octanol–water partition coefficient (Wildman–Crippen LogP) is 2.96. The maximum absolute atomic E-state index is 10.8. The lowest BCUT2D eigenvalue weighted by Crippen LogP contribution is -2.46. The van der Waals surface area contributed by atoms with Crippen molar-refractivity contribution in [3.63, 3.8) is 0 Å². The highest BCUT2D eigenvalue weighted by molar-refractivity contribution is 5.80. The van der Waals surface area contributed by atoms with E-state index in [2.05, 4.69) is 22.2 Å². The molecule has 0 bridgehead atoms. The summed E-state index contributed by atoms with van der Waals surface area (Å²) in [6.45, 7) is 2.06. The number of nitrogens with zero attached hydrogens (tertiary/aromatic N) is 2. The minimum absolute atomic E-state index is 0.180. The van der Waals surface area contributed by atoms with Crippen LogP contribution in [0.5, 0.6) is 11.5 Å². The minimum atomic E-state index is -0.919. The molecular weight excluding hydrogens is 294 g/mol. The van der Waals surface area contributed by atoms with E-state index < -0.39 is 5.72 Å². The van der Waals surface area contributed by atoms with E-state index in [0.29, 0.717) is 22.8 Å². The number of benzene rings is 1. The van der Waals surface area contributed by atoms with Crippen LogP contribution in [0.4, 0.5) is 5.82 Å². The van der Waals surface area contributed by atoms with Gasteiger partial charge in [0.25, 0.3) is 0 Å². The Hall–Kier alpha value is -2.08. The van der Waals surface area contributed by atoms with Crippen molar-refractivity contribution in [2.75, 3.05) is 19.5 Å². The molecule has 0 aliphatic heterocycles. The van der Waals surface area contributed by atoms with E-state index >= 15 is 0 Å². The molecule has 0 radical (unpaired) electrons. The van der Waals surface area contributed by atoms with Gasteiger partial charge in [-0.15, -0.1) is 0 Å². The van der Waals surface area contributed by atoms with E-state index in [-0.39, 0.29) is 5.92 Å². The summed E-state index contributed by atoms with van der Waals surface area (Å²) in [6, 6.07) is 3.59. The SMILES string of the molecule is COc1cc2ncc(NC3(O)CCCCC3C)nc2cc1OC. The molecule has 1 aliphatic carbocycles. The van der Waals surface area contributed by atoms with Gasteiger partial charge in [0, 0.05) is 18.1 Å². The third-order valence-corrected chi connectivity index (χ3v) is 4.65. The largest absolute Gasteiger partial charge is 0.493 e. The van der Waals surface area contributed by atoms with Gasteiger partial charge in [0.1, 0.15) is 11.5 Å².